The Balaban J connectivity index is 1.32. The van der Waals surface area contributed by atoms with E-state index in [1.54, 1.807) is 0 Å². The van der Waals surface area contributed by atoms with Crippen LogP contribution in [0.4, 0.5) is 11.6 Å². The van der Waals surface area contributed by atoms with E-state index in [1.807, 2.05) is 10.8 Å². The van der Waals surface area contributed by atoms with E-state index in [1.165, 1.54) is 32.2 Å². The standard InChI is InChI=1S/C28H36N6O2/c35-22-8-5-19(6-9-22)34-26-25(16-30-28(31-26)29-15-18-3-4-18)23-10-7-20(14-24(23)27(34)36)33-13-12-32-11-1-2-21(32)17-33/h7,10,14,16,18-19,21-22,35H,1-6,8-9,11-13,15,17H2,(H,29,30,31)/t19-,21-,22-/m0/s1. The Kier molecular flexibility index (Phi) is 5.62. The Bertz CT molecular complexity index is 1340. The molecule has 7 rings (SSSR count). The van der Waals surface area contributed by atoms with E-state index in [4.69, 9.17) is 4.98 Å². The van der Waals surface area contributed by atoms with Crippen LogP contribution in [-0.4, -0.2) is 69.4 Å². The minimum atomic E-state index is -0.269. The molecule has 2 N–H and O–H groups in total. The van der Waals surface area contributed by atoms with Crippen LogP contribution < -0.4 is 15.8 Å². The number of nitrogens with one attached hydrogen (secondary N) is 1. The molecule has 0 unspecified atom stereocenters. The first-order chi connectivity index (χ1) is 17.6. The summed E-state index contributed by atoms with van der Waals surface area (Å²) in [5.41, 5.74) is 1.89. The summed E-state index contributed by atoms with van der Waals surface area (Å²) >= 11 is 0. The zero-order valence-electron chi connectivity index (χ0n) is 20.9. The molecule has 190 valence electrons. The molecule has 0 spiro atoms. The van der Waals surface area contributed by atoms with Gasteiger partial charge in [0.15, 0.2) is 0 Å². The molecule has 36 heavy (non-hydrogen) atoms. The van der Waals surface area contributed by atoms with Crippen molar-refractivity contribution in [2.24, 2.45) is 5.92 Å². The van der Waals surface area contributed by atoms with Gasteiger partial charge in [0.05, 0.1) is 11.5 Å². The molecule has 3 aromatic rings. The Morgan fingerprint density at radius 1 is 0.944 bits per heavy atom. The molecule has 2 aromatic heterocycles. The van der Waals surface area contributed by atoms with Crippen LogP contribution in [0.3, 0.4) is 0 Å². The summed E-state index contributed by atoms with van der Waals surface area (Å²) < 4.78 is 1.92. The SMILES string of the molecule is O=c1c2cc(N3CCN4CCC[C@H]4C3)ccc2c2cnc(NCC3CC3)nc2n1[C@H]1CC[C@H](O)CC1. The maximum absolute atomic E-state index is 14.1. The van der Waals surface area contributed by atoms with Gasteiger partial charge in [-0.1, -0.05) is 6.07 Å². The van der Waals surface area contributed by atoms with Crippen LogP contribution in [0.5, 0.6) is 0 Å². The van der Waals surface area contributed by atoms with Gasteiger partial charge in [0, 0.05) is 55.5 Å². The van der Waals surface area contributed by atoms with Crippen molar-refractivity contribution in [3.63, 3.8) is 0 Å². The molecule has 4 aliphatic rings. The van der Waals surface area contributed by atoms with Crippen LogP contribution in [0.15, 0.2) is 29.2 Å². The Hall–Kier alpha value is -2.71. The van der Waals surface area contributed by atoms with Crippen LogP contribution in [0.25, 0.3) is 21.8 Å². The summed E-state index contributed by atoms with van der Waals surface area (Å²) in [4.78, 5) is 28.7. The number of aliphatic hydroxyl groups excluding tert-OH is 1. The summed E-state index contributed by atoms with van der Waals surface area (Å²) in [6, 6.07) is 7.06. The molecule has 2 aliphatic carbocycles. The first-order valence-electron chi connectivity index (χ1n) is 13.9. The summed E-state index contributed by atoms with van der Waals surface area (Å²) in [7, 11) is 0. The second-order valence-electron chi connectivity index (χ2n) is 11.4. The van der Waals surface area contributed by atoms with Crippen molar-refractivity contribution in [2.75, 3.05) is 42.9 Å². The van der Waals surface area contributed by atoms with Crippen LogP contribution in [-0.2, 0) is 0 Å². The van der Waals surface area contributed by atoms with Crippen molar-refractivity contribution < 1.29 is 5.11 Å². The van der Waals surface area contributed by atoms with Gasteiger partial charge in [0.2, 0.25) is 5.95 Å². The number of aliphatic hydroxyl groups is 1. The molecule has 0 radical (unpaired) electrons. The maximum atomic E-state index is 14.1. The van der Waals surface area contributed by atoms with Gasteiger partial charge in [-0.2, -0.15) is 4.98 Å². The van der Waals surface area contributed by atoms with E-state index in [0.717, 1.165) is 79.4 Å². The molecule has 4 heterocycles. The molecule has 2 saturated heterocycles. The van der Waals surface area contributed by atoms with Crippen molar-refractivity contribution in [2.45, 2.75) is 69.6 Å². The number of hydrogen-bond donors (Lipinski definition) is 2. The van der Waals surface area contributed by atoms with Crippen molar-refractivity contribution in [1.29, 1.82) is 0 Å². The molecule has 2 aliphatic heterocycles. The summed E-state index contributed by atoms with van der Waals surface area (Å²) in [5.74, 6) is 1.32. The van der Waals surface area contributed by atoms with Gasteiger partial charge in [0.25, 0.3) is 5.56 Å². The molecule has 8 nitrogen and oxygen atoms in total. The van der Waals surface area contributed by atoms with Crippen LogP contribution >= 0.6 is 0 Å². The number of fused-ring (bicyclic) bond motifs is 4. The summed E-state index contributed by atoms with van der Waals surface area (Å²) in [5, 5.41) is 16.1. The van der Waals surface area contributed by atoms with Crippen molar-refractivity contribution in [1.82, 2.24) is 19.4 Å². The molecular weight excluding hydrogens is 452 g/mol. The van der Waals surface area contributed by atoms with E-state index in [9.17, 15) is 9.90 Å². The predicted octanol–water partition coefficient (Wildman–Crippen LogP) is 3.53. The number of piperazine rings is 1. The molecule has 1 atom stereocenters. The van der Waals surface area contributed by atoms with Crippen LogP contribution in [0.2, 0.25) is 0 Å². The second-order valence-corrected chi connectivity index (χ2v) is 11.4. The van der Waals surface area contributed by atoms with Crippen LogP contribution in [0, 0.1) is 5.92 Å². The minimum Gasteiger partial charge on any atom is -0.393 e. The fourth-order valence-corrected chi connectivity index (χ4v) is 6.64. The van der Waals surface area contributed by atoms with E-state index in [0.29, 0.717) is 17.9 Å². The molecular formula is C28H36N6O2. The second kappa shape index (κ2) is 8.99. The molecule has 0 bridgehead atoms. The number of anilines is 2. The van der Waals surface area contributed by atoms with Crippen LogP contribution in [0.1, 0.15) is 57.4 Å². The summed E-state index contributed by atoms with van der Waals surface area (Å²) in [6.07, 6.45) is 9.74. The first-order valence-corrected chi connectivity index (χ1v) is 13.9. The van der Waals surface area contributed by atoms with Crippen molar-refractivity contribution in [3.05, 3.63) is 34.7 Å². The number of nitrogens with zero attached hydrogens (tertiary/aromatic N) is 5. The lowest BCUT2D eigenvalue weighted by atomic mass is 9.92. The van der Waals surface area contributed by atoms with E-state index in [2.05, 4.69) is 38.3 Å². The molecule has 2 saturated carbocycles. The Morgan fingerprint density at radius 2 is 1.81 bits per heavy atom. The topological polar surface area (TPSA) is 86.5 Å². The summed E-state index contributed by atoms with van der Waals surface area (Å²) in [6.45, 7) is 5.24. The maximum Gasteiger partial charge on any atom is 0.260 e. The van der Waals surface area contributed by atoms with Gasteiger partial charge in [-0.05, 0) is 81.3 Å². The fourth-order valence-electron chi connectivity index (χ4n) is 6.64. The zero-order chi connectivity index (χ0) is 24.2. The lowest BCUT2D eigenvalue weighted by molar-refractivity contribution is 0.111. The smallest absolute Gasteiger partial charge is 0.260 e. The first kappa shape index (κ1) is 22.5. The number of pyridine rings is 1. The highest BCUT2D eigenvalue weighted by molar-refractivity contribution is 6.05. The third kappa shape index (κ3) is 4.04. The fraction of sp³-hybridized carbons (Fsp3) is 0.607. The quantitative estimate of drug-likeness (QED) is 0.532. The van der Waals surface area contributed by atoms with Gasteiger partial charge in [-0.15, -0.1) is 0 Å². The highest BCUT2D eigenvalue weighted by atomic mass is 16.3. The molecule has 8 heteroatoms. The lowest BCUT2D eigenvalue weighted by Crippen LogP contribution is -2.50. The number of aromatic nitrogens is 3. The van der Waals surface area contributed by atoms with E-state index >= 15 is 0 Å². The van der Waals surface area contributed by atoms with Gasteiger partial charge >= 0.3 is 0 Å². The third-order valence-corrected chi connectivity index (χ3v) is 8.97. The predicted molar refractivity (Wildman–Crippen MR) is 143 cm³/mol. The van der Waals surface area contributed by atoms with Gasteiger partial charge in [-0.25, -0.2) is 4.98 Å². The average Bonchev–Trinajstić information content (AvgIpc) is 3.62. The number of rotatable bonds is 5. The van der Waals surface area contributed by atoms with Crippen molar-refractivity contribution >= 4 is 33.4 Å². The molecule has 0 amide bonds. The zero-order valence-corrected chi connectivity index (χ0v) is 20.9. The largest absolute Gasteiger partial charge is 0.393 e. The van der Waals surface area contributed by atoms with E-state index < -0.39 is 0 Å². The Morgan fingerprint density at radius 3 is 2.64 bits per heavy atom. The van der Waals surface area contributed by atoms with Gasteiger partial charge in [-0.3, -0.25) is 14.3 Å². The Labute approximate surface area is 211 Å². The van der Waals surface area contributed by atoms with E-state index in [-0.39, 0.29) is 17.7 Å². The highest BCUT2D eigenvalue weighted by Crippen LogP contribution is 2.34. The average molecular weight is 489 g/mol. The number of benzene rings is 1. The minimum absolute atomic E-state index is 0.0343. The normalized spacial score (nSPS) is 27.0. The highest BCUT2D eigenvalue weighted by Gasteiger charge is 2.31. The monoisotopic (exact) mass is 488 g/mol. The van der Waals surface area contributed by atoms with Gasteiger partial charge in [0.1, 0.15) is 5.65 Å². The molecule has 1 aromatic carbocycles. The third-order valence-electron chi connectivity index (χ3n) is 8.97. The van der Waals surface area contributed by atoms with Gasteiger partial charge < -0.3 is 15.3 Å². The van der Waals surface area contributed by atoms with Crippen molar-refractivity contribution in [3.8, 4) is 0 Å². The molecule has 4 fully saturated rings. The lowest BCUT2D eigenvalue weighted by Gasteiger charge is -2.39. The number of hydrogen-bond acceptors (Lipinski definition) is 7.